The van der Waals surface area contributed by atoms with Crippen LogP contribution in [0.3, 0.4) is 0 Å². The molecule has 0 spiro atoms. The van der Waals surface area contributed by atoms with Crippen LogP contribution in [0.5, 0.6) is 5.75 Å². The van der Waals surface area contributed by atoms with Crippen LogP contribution in [0.25, 0.3) is 11.5 Å². The molecule has 0 aliphatic carbocycles. The molecule has 0 bridgehead atoms. The van der Waals surface area contributed by atoms with E-state index in [0.717, 1.165) is 9.15 Å². The van der Waals surface area contributed by atoms with Gasteiger partial charge in [-0.1, -0.05) is 34.2 Å². The highest BCUT2D eigenvalue weighted by Crippen LogP contribution is 2.21. The van der Waals surface area contributed by atoms with E-state index < -0.39 is 10.8 Å². The Hall–Kier alpha value is -4.16. The second kappa shape index (κ2) is 10.4. The average Bonchev–Trinajstić information content (AvgIpc) is 2.88. The highest BCUT2D eigenvalue weighted by atomic mass is 79.9. The molecular weight excluding hydrogens is 538 g/mol. The summed E-state index contributed by atoms with van der Waals surface area (Å²) in [6.07, 6.45) is 0. The van der Waals surface area contributed by atoms with Gasteiger partial charge in [0.15, 0.2) is 4.64 Å². The first kappa shape index (κ1) is 24.0. The molecule has 0 unspecified atom stereocenters. The molecule has 0 aliphatic heterocycles. The molecule has 35 heavy (non-hydrogen) atoms. The minimum absolute atomic E-state index is 0.0592. The van der Waals surface area contributed by atoms with Gasteiger partial charge in [0.05, 0.1) is 17.7 Å². The van der Waals surface area contributed by atoms with Gasteiger partial charge in [0.25, 0.3) is 17.1 Å². The normalized spacial score (nSPS) is 11.2. The Labute approximate surface area is 211 Å². The monoisotopic (exact) mass is 553 g/mol. The number of nitro benzene ring substituents is 1. The largest absolute Gasteiger partial charge is 0.497 e. The molecule has 4 aromatic rings. The van der Waals surface area contributed by atoms with E-state index in [1.165, 1.54) is 24.3 Å². The fourth-order valence-corrected chi connectivity index (χ4v) is 3.57. The van der Waals surface area contributed by atoms with Gasteiger partial charge in [-0.05, 0) is 54.6 Å². The third-order valence-electron chi connectivity index (χ3n) is 4.73. The van der Waals surface area contributed by atoms with Crippen molar-refractivity contribution >= 4 is 45.4 Å². The summed E-state index contributed by atoms with van der Waals surface area (Å²) < 4.78 is 12.6. The lowest BCUT2D eigenvalue weighted by molar-refractivity contribution is -0.384. The lowest BCUT2D eigenvalue weighted by Crippen LogP contribution is -2.24. The zero-order valence-electron chi connectivity index (χ0n) is 18.0. The number of rotatable bonds is 6. The zero-order valence-corrected chi connectivity index (χ0v) is 20.4. The van der Waals surface area contributed by atoms with E-state index in [-0.39, 0.29) is 27.3 Å². The third-order valence-corrected chi connectivity index (χ3v) is 5.57. The van der Waals surface area contributed by atoms with Crippen LogP contribution in [0.1, 0.15) is 10.4 Å². The predicted octanol–water partition coefficient (Wildman–Crippen LogP) is 5.17. The topological polar surface area (TPSA) is 125 Å². The molecule has 0 aliphatic rings. The maximum absolute atomic E-state index is 13.2. The minimum atomic E-state index is -0.599. The van der Waals surface area contributed by atoms with Crippen molar-refractivity contribution in [2.24, 2.45) is 5.10 Å². The van der Waals surface area contributed by atoms with Gasteiger partial charge in [-0.15, -0.1) is 10.2 Å². The van der Waals surface area contributed by atoms with E-state index in [0.29, 0.717) is 17.0 Å². The van der Waals surface area contributed by atoms with Gasteiger partial charge in [-0.3, -0.25) is 20.3 Å². The quantitative estimate of drug-likeness (QED) is 0.197. The number of non-ortho nitro benzene ring substituents is 1. The number of hydrogen-bond acceptors (Lipinski definition) is 9. The molecule has 1 N–H and O–H groups in total. The molecule has 0 atom stereocenters. The van der Waals surface area contributed by atoms with Gasteiger partial charge in [0.2, 0.25) is 5.89 Å². The number of nitro groups is 1. The molecule has 176 valence electrons. The number of aromatic nitrogens is 2. The lowest BCUT2D eigenvalue weighted by Gasteiger charge is -2.08. The second-order valence-electron chi connectivity index (χ2n) is 7.00. The zero-order chi connectivity index (χ0) is 24.9. The first-order valence-electron chi connectivity index (χ1n) is 9.99. The van der Waals surface area contributed by atoms with E-state index >= 15 is 0 Å². The van der Waals surface area contributed by atoms with E-state index in [1.807, 2.05) is 6.07 Å². The average molecular weight is 554 g/mol. The number of anilines is 1. The molecule has 1 aromatic heterocycles. The summed E-state index contributed by atoms with van der Waals surface area (Å²) in [6, 6.07) is 19.3. The molecule has 0 radical (unpaired) electrons. The van der Waals surface area contributed by atoms with Crippen molar-refractivity contribution in [2.75, 3.05) is 12.5 Å². The smallest absolute Gasteiger partial charge is 0.279 e. The number of methoxy groups -OCH3 is 1. The van der Waals surface area contributed by atoms with Crippen molar-refractivity contribution in [1.82, 2.24) is 9.78 Å². The van der Waals surface area contributed by atoms with E-state index in [1.54, 1.807) is 49.6 Å². The summed E-state index contributed by atoms with van der Waals surface area (Å²) in [5, 5.41) is 19.5. The number of benzene rings is 3. The molecule has 0 amide bonds. The van der Waals surface area contributed by atoms with E-state index in [9.17, 15) is 14.9 Å². The minimum Gasteiger partial charge on any atom is -0.497 e. The highest BCUT2D eigenvalue weighted by molar-refractivity contribution is 9.10. The molecule has 4 rings (SSSR count). The number of ether oxygens (including phenoxy) is 1. The molecule has 3 aromatic carbocycles. The molecule has 0 fully saturated rings. The van der Waals surface area contributed by atoms with Crippen LogP contribution in [0.15, 0.2) is 86.8 Å². The summed E-state index contributed by atoms with van der Waals surface area (Å²) in [5.74, 6) is 0.167. The molecule has 0 saturated carbocycles. The molecule has 10 nitrogen and oxygen atoms in total. The Kier molecular flexibility index (Phi) is 7.13. The van der Waals surface area contributed by atoms with Gasteiger partial charge in [-0.25, -0.2) is 0 Å². The van der Waals surface area contributed by atoms with Crippen LogP contribution in [0, 0.1) is 14.8 Å². The number of carbonyl (C=O) groups is 1. The van der Waals surface area contributed by atoms with Crippen LogP contribution in [-0.2, 0) is 0 Å². The van der Waals surface area contributed by atoms with Crippen molar-refractivity contribution in [1.29, 1.82) is 0 Å². The molecule has 0 saturated heterocycles. The van der Waals surface area contributed by atoms with Crippen LogP contribution < -0.4 is 15.7 Å². The molecule has 12 heteroatoms. The summed E-state index contributed by atoms with van der Waals surface area (Å²) in [5.41, 5.74) is 3.99. The number of halogens is 1. The van der Waals surface area contributed by atoms with Gasteiger partial charge in [0.1, 0.15) is 5.75 Å². The van der Waals surface area contributed by atoms with Crippen molar-refractivity contribution in [3.63, 3.8) is 0 Å². The number of nitrogens with zero attached hydrogens (tertiary/aromatic N) is 4. The number of nitrogens with one attached hydrogen (secondary N) is 1. The highest BCUT2D eigenvalue weighted by Gasteiger charge is 2.17. The standard InChI is InChI=1S/C23H16BrN5O5S/c1-33-19-11-7-17(8-12-19)25-26-21-23(35)28(22(30)14-5-9-18(10-6-14)29(31)32)27-20(34-21)15-3-2-4-16(24)13-15/h2-13,25H,1H3/b26-21-. The summed E-state index contributed by atoms with van der Waals surface area (Å²) in [4.78, 5) is 23.6. The van der Waals surface area contributed by atoms with E-state index in [4.69, 9.17) is 21.4 Å². The number of hydrogen-bond donors (Lipinski definition) is 1. The van der Waals surface area contributed by atoms with Crippen LogP contribution in [0.2, 0.25) is 0 Å². The van der Waals surface area contributed by atoms with Gasteiger partial charge in [0, 0.05) is 27.7 Å². The van der Waals surface area contributed by atoms with Gasteiger partial charge < -0.3 is 9.15 Å². The van der Waals surface area contributed by atoms with Crippen LogP contribution >= 0.6 is 28.1 Å². The predicted molar refractivity (Wildman–Crippen MR) is 133 cm³/mol. The maximum Gasteiger partial charge on any atom is 0.279 e. The fourth-order valence-electron chi connectivity index (χ4n) is 2.96. The van der Waals surface area contributed by atoms with Crippen LogP contribution in [0.4, 0.5) is 11.4 Å². The summed E-state index contributed by atoms with van der Waals surface area (Å²) in [7, 11) is 1.57. The number of carbonyl (C=O) groups excluding carboxylic acids is 1. The van der Waals surface area contributed by atoms with Crippen molar-refractivity contribution in [2.45, 2.75) is 0 Å². The second-order valence-corrected chi connectivity index (χ2v) is 8.30. The van der Waals surface area contributed by atoms with Crippen LogP contribution in [-0.4, -0.2) is 27.7 Å². The molecular formula is C23H16BrN5O5S. The summed E-state index contributed by atoms with van der Waals surface area (Å²) >= 11 is 8.84. The third kappa shape index (κ3) is 5.50. The Balaban J connectivity index is 1.81. The lowest BCUT2D eigenvalue weighted by atomic mass is 10.2. The Bertz CT molecular complexity index is 1530. The Morgan fingerprint density at radius 2 is 1.89 bits per heavy atom. The fraction of sp³-hybridized carbons (Fsp3) is 0.0435. The van der Waals surface area contributed by atoms with Crippen molar-refractivity contribution in [3.8, 4) is 17.2 Å². The van der Waals surface area contributed by atoms with Gasteiger partial charge in [-0.2, -0.15) is 4.68 Å². The maximum atomic E-state index is 13.2. The molecule has 1 heterocycles. The Morgan fingerprint density at radius 1 is 1.17 bits per heavy atom. The van der Waals surface area contributed by atoms with E-state index in [2.05, 4.69) is 31.6 Å². The Morgan fingerprint density at radius 3 is 2.51 bits per heavy atom. The summed E-state index contributed by atoms with van der Waals surface area (Å²) in [6.45, 7) is 0. The van der Waals surface area contributed by atoms with Gasteiger partial charge >= 0.3 is 0 Å². The van der Waals surface area contributed by atoms with Crippen molar-refractivity contribution < 1.29 is 18.9 Å². The van der Waals surface area contributed by atoms with Crippen molar-refractivity contribution in [3.05, 3.63) is 103 Å². The SMILES string of the molecule is COc1ccc(N/N=c2\oc(-c3cccc(Br)c3)nn(C(=O)c3ccc([N+](=O)[O-])cc3)c2=S)cc1. The first-order valence-corrected chi connectivity index (χ1v) is 11.2. The first-order chi connectivity index (χ1) is 16.9.